The Labute approximate surface area is 129 Å². The molecule has 1 aromatic heterocycles. The summed E-state index contributed by atoms with van der Waals surface area (Å²) in [6.45, 7) is 4.82. The average Bonchev–Trinajstić information content (AvgIpc) is 2.86. The second-order valence-electron chi connectivity index (χ2n) is 5.51. The first kappa shape index (κ1) is 15.6. The Morgan fingerprint density at radius 2 is 2.19 bits per heavy atom. The molecule has 0 saturated heterocycles. The summed E-state index contributed by atoms with van der Waals surface area (Å²) >= 11 is 5.92. The summed E-state index contributed by atoms with van der Waals surface area (Å²) in [6, 6.07) is 9.46. The lowest BCUT2D eigenvalue weighted by Gasteiger charge is -2.04. The van der Waals surface area contributed by atoms with Crippen LogP contribution in [0.15, 0.2) is 30.3 Å². The first-order chi connectivity index (χ1) is 10.0. The van der Waals surface area contributed by atoms with Crippen LogP contribution in [0.3, 0.4) is 0 Å². The van der Waals surface area contributed by atoms with Crippen LogP contribution in [0, 0.1) is 5.92 Å². The molecule has 0 spiro atoms. The Bertz CT molecular complexity index is 607. The fraction of sp³-hybridized carbons (Fsp3) is 0.375. The van der Waals surface area contributed by atoms with E-state index in [0.29, 0.717) is 23.2 Å². The van der Waals surface area contributed by atoms with Crippen LogP contribution >= 0.6 is 11.6 Å². The van der Waals surface area contributed by atoms with Crippen LogP contribution in [0.5, 0.6) is 0 Å². The highest BCUT2D eigenvalue weighted by Crippen LogP contribution is 2.11. The Morgan fingerprint density at radius 1 is 1.38 bits per heavy atom. The highest BCUT2D eigenvalue weighted by molar-refractivity contribution is 6.30. The van der Waals surface area contributed by atoms with Crippen molar-refractivity contribution < 1.29 is 4.79 Å². The minimum absolute atomic E-state index is 0.150. The summed E-state index contributed by atoms with van der Waals surface area (Å²) < 4.78 is 0. The van der Waals surface area contributed by atoms with E-state index in [9.17, 15) is 4.79 Å². The van der Waals surface area contributed by atoms with E-state index >= 15 is 0 Å². The lowest BCUT2D eigenvalue weighted by molar-refractivity contribution is 0.0949. The van der Waals surface area contributed by atoms with Crippen molar-refractivity contribution in [1.82, 2.24) is 15.5 Å². The quantitative estimate of drug-likeness (QED) is 0.861. The highest BCUT2D eigenvalue weighted by atomic mass is 35.5. The number of nitrogens with one attached hydrogen (secondary N) is 2. The molecule has 112 valence electrons. The molecular formula is C16H20ClN3O. The number of aromatic nitrogens is 2. The Morgan fingerprint density at radius 3 is 2.90 bits per heavy atom. The van der Waals surface area contributed by atoms with E-state index < -0.39 is 0 Å². The fourth-order valence-electron chi connectivity index (χ4n) is 2.13. The third kappa shape index (κ3) is 4.90. The molecular weight excluding hydrogens is 286 g/mol. The molecule has 2 rings (SSSR count). The molecule has 4 nitrogen and oxygen atoms in total. The number of amides is 1. The highest BCUT2D eigenvalue weighted by Gasteiger charge is 2.10. The van der Waals surface area contributed by atoms with Gasteiger partial charge in [0.2, 0.25) is 0 Å². The molecule has 0 aliphatic carbocycles. The van der Waals surface area contributed by atoms with Gasteiger partial charge in [-0.3, -0.25) is 9.89 Å². The topological polar surface area (TPSA) is 57.8 Å². The SMILES string of the molecule is CC(C)Cc1cc(C(=O)NCCc2cccc(Cl)c2)n[nH]1. The van der Waals surface area contributed by atoms with Gasteiger partial charge in [-0.15, -0.1) is 0 Å². The van der Waals surface area contributed by atoms with Crippen LogP contribution in [-0.2, 0) is 12.8 Å². The summed E-state index contributed by atoms with van der Waals surface area (Å²) in [5, 5.41) is 10.5. The zero-order chi connectivity index (χ0) is 15.2. The normalized spacial score (nSPS) is 10.9. The minimum atomic E-state index is -0.150. The number of carbonyl (C=O) groups excluding carboxylic acids is 1. The summed E-state index contributed by atoms with van der Waals surface area (Å²) in [4.78, 5) is 12.0. The average molecular weight is 306 g/mol. The van der Waals surface area contributed by atoms with Gasteiger partial charge >= 0.3 is 0 Å². The summed E-state index contributed by atoms with van der Waals surface area (Å²) in [7, 11) is 0. The van der Waals surface area contributed by atoms with Gasteiger partial charge < -0.3 is 5.32 Å². The van der Waals surface area contributed by atoms with E-state index in [1.807, 2.05) is 30.3 Å². The maximum atomic E-state index is 12.0. The van der Waals surface area contributed by atoms with Gasteiger partial charge in [-0.2, -0.15) is 5.10 Å². The van der Waals surface area contributed by atoms with E-state index in [0.717, 1.165) is 24.1 Å². The van der Waals surface area contributed by atoms with Crippen LogP contribution in [0.25, 0.3) is 0 Å². The zero-order valence-electron chi connectivity index (χ0n) is 12.3. The van der Waals surface area contributed by atoms with Crippen molar-refractivity contribution in [3.05, 3.63) is 52.3 Å². The molecule has 0 saturated carbocycles. The van der Waals surface area contributed by atoms with Gasteiger partial charge in [-0.05, 0) is 42.5 Å². The smallest absolute Gasteiger partial charge is 0.271 e. The zero-order valence-corrected chi connectivity index (χ0v) is 13.1. The number of halogens is 1. The first-order valence-electron chi connectivity index (χ1n) is 7.11. The van der Waals surface area contributed by atoms with Crippen LogP contribution in [0.2, 0.25) is 5.02 Å². The maximum absolute atomic E-state index is 12.0. The number of hydrogen-bond donors (Lipinski definition) is 2. The van der Waals surface area contributed by atoms with Crippen molar-refractivity contribution >= 4 is 17.5 Å². The number of nitrogens with zero attached hydrogens (tertiary/aromatic N) is 1. The first-order valence-corrected chi connectivity index (χ1v) is 7.49. The van der Waals surface area contributed by atoms with E-state index in [1.54, 1.807) is 0 Å². The van der Waals surface area contributed by atoms with E-state index in [1.165, 1.54) is 0 Å². The number of rotatable bonds is 6. The molecule has 0 aliphatic rings. The van der Waals surface area contributed by atoms with Crippen molar-refractivity contribution in [1.29, 1.82) is 0 Å². The second kappa shape index (κ2) is 7.27. The molecule has 2 N–H and O–H groups in total. The lowest BCUT2D eigenvalue weighted by atomic mass is 10.1. The van der Waals surface area contributed by atoms with Crippen LogP contribution in [0.1, 0.15) is 35.6 Å². The molecule has 2 aromatic rings. The van der Waals surface area contributed by atoms with Gasteiger partial charge in [-0.1, -0.05) is 37.6 Å². The molecule has 1 amide bonds. The molecule has 0 unspecified atom stereocenters. The number of H-pyrrole nitrogens is 1. The third-order valence-electron chi connectivity index (χ3n) is 3.08. The molecule has 21 heavy (non-hydrogen) atoms. The van der Waals surface area contributed by atoms with Crippen molar-refractivity contribution in [2.24, 2.45) is 5.92 Å². The van der Waals surface area contributed by atoms with Gasteiger partial charge in [0.1, 0.15) is 5.69 Å². The molecule has 0 fully saturated rings. The van der Waals surface area contributed by atoms with Gasteiger partial charge in [0.15, 0.2) is 0 Å². The molecule has 0 radical (unpaired) electrons. The maximum Gasteiger partial charge on any atom is 0.271 e. The summed E-state index contributed by atoms with van der Waals surface area (Å²) in [5.74, 6) is 0.382. The van der Waals surface area contributed by atoms with Gasteiger partial charge in [0.25, 0.3) is 5.91 Å². The molecule has 0 bridgehead atoms. The fourth-order valence-corrected chi connectivity index (χ4v) is 2.34. The van der Waals surface area contributed by atoms with E-state index in [4.69, 9.17) is 11.6 Å². The van der Waals surface area contributed by atoms with Gasteiger partial charge in [-0.25, -0.2) is 0 Å². The molecule has 1 heterocycles. The van der Waals surface area contributed by atoms with Crippen LogP contribution in [0.4, 0.5) is 0 Å². The Kier molecular flexibility index (Phi) is 5.39. The van der Waals surface area contributed by atoms with Gasteiger partial charge in [0.05, 0.1) is 0 Å². The molecule has 0 atom stereocenters. The number of carbonyl (C=O) groups is 1. The molecule has 0 aliphatic heterocycles. The van der Waals surface area contributed by atoms with E-state index in [-0.39, 0.29) is 5.91 Å². The monoisotopic (exact) mass is 305 g/mol. The third-order valence-corrected chi connectivity index (χ3v) is 3.32. The van der Waals surface area contributed by atoms with Crippen LogP contribution in [-0.4, -0.2) is 22.6 Å². The Balaban J connectivity index is 1.83. The minimum Gasteiger partial charge on any atom is -0.350 e. The summed E-state index contributed by atoms with van der Waals surface area (Å²) in [6.07, 6.45) is 1.64. The summed E-state index contributed by atoms with van der Waals surface area (Å²) in [5.41, 5.74) is 2.53. The predicted molar refractivity (Wildman–Crippen MR) is 84.6 cm³/mol. The largest absolute Gasteiger partial charge is 0.350 e. The number of aromatic amines is 1. The second-order valence-corrected chi connectivity index (χ2v) is 5.95. The van der Waals surface area contributed by atoms with Crippen LogP contribution < -0.4 is 5.32 Å². The number of benzene rings is 1. The van der Waals surface area contributed by atoms with Gasteiger partial charge in [0, 0.05) is 17.3 Å². The van der Waals surface area contributed by atoms with Crippen molar-refractivity contribution in [3.63, 3.8) is 0 Å². The van der Waals surface area contributed by atoms with E-state index in [2.05, 4.69) is 29.4 Å². The van der Waals surface area contributed by atoms with Crippen molar-refractivity contribution in [3.8, 4) is 0 Å². The number of hydrogen-bond acceptors (Lipinski definition) is 2. The standard InChI is InChI=1S/C16H20ClN3O/c1-11(2)8-14-10-15(20-19-14)16(21)18-7-6-12-4-3-5-13(17)9-12/h3-5,9-11H,6-8H2,1-2H3,(H,18,21)(H,19,20). The lowest BCUT2D eigenvalue weighted by Crippen LogP contribution is -2.26. The molecule has 1 aromatic carbocycles. The molecule has 5 heteroatoms. The van der Waals surface area contributed by atoms with Crippen molar-refractivity contribution in [2.45, 2.75) is 26.7 Å². The van der Waals surface area contributed by atoms with Crippen molar-refractivity contribution in [2.75, 3.05) is 6.54 Å². The predicted octanol–water partition coefficient (Wildman–Crippen LogP) is 3.23. The Hall–Kier alpha value is -1.81.